The summed E-state index contributed by atoms with van der Waals surface area (Å²) in [6.07, 6.45) is 6.07. The highest BCUT2D eigenvalue weighted by molar-refractivity contribution is 5.15. The highest BCUT2D eigenvalue weighted by Crippen LogP contribution is 2.35. The summed E-state index contributed by atoms with van der Waals surface area (Å²) in [6, 6.07) is 0. The monoisotopic (exact) mass is 177 g/mol. The van der Waals surface area contributed by atoms with Crippen molar-refractivity contribution in [2.24, 2.45) is 0 Å². The molecule has 1 aliphatic heterocycles. The number of aromatic nitrogens is 2. The van der Waals surface area contributed by atoms with Crippen LogP contribution < -0.4 is 5.32 Å². The van der Waals surface area contributed by atoms with Gasteiger partial charge in [0.25, 0.3) is 0 Å². The molecule has 0 spiro atoms. The van der Waals surface area contributed by atoms with Crippen LogP contribution in [0.15, 0.2) is 6.20 Å². The molecular weight excluding hydrogens is 162 g/mol. The first kappa shape index (κ1) is 7.56. The second-order valence-corrected chi connectivity index (χ2v) is 4.21. The van der Waals surface area contributed by atoms with Gasteiger partial charge in [0, 0.05) is 36.8 Å². The number of hydrogen-bond donors (Lipinski definition) is 2. The van der Waals surface area contributed by atoms with Crippen molar-refractivity contribution in [2.75, 3.05) is 13.1 Å². The lowest BCUT2D eigenvalue weighted by Crippen LogP contribution is -2.40. The number of rotatable bonds is 2. The van der Waals surface area contributed by atoms with Gasteiger partial charge in [0.2, 0.25) is 0 Å². The summed E-state index contributed by atoms with van der Waals surface area (Å²) >= 11 is 0. The first-order valence-corrected chi connectivity index (χ1v) is 5.19. The molecule has 3 heteroatoms. The number of hydrogen-bond acceptors (Lipinski definition) is 2. The molecule has 1 saturated heterocycles. The fourth-order valence-corrected chi connectivity index (χ4v) is 1.96. The lowest BCUT2D eigenvalue weighted by molar-refractivity contribution is 0.400. The summed E-state index contributed by atoms with van der Waals surface area (Å²) in [6.45, 7) is 2.23. The summed E-state index contributed by atoms with van der Waals surface area (Å²) < 4.78 is 0. The third-order valence-corrected chi connectivity index (χ3v) is 3.33. The summed E-state index contributed by atoms with van der Waals surface area (Å²) in [4.78, 5) is 7.92. The van der Waals surface area contributed by atoms with E-state index in [1.807, 2.05) is 6.20 Å². The zero-order chi connectivity index (χ0) is 8.67. The van der Waals surface area contributed by atoms with Crippen molar-refractivity contribution >= 4 is 0 Å². The van der Waals surface area contributed by atoms with Crippen molar-refractivity contribution in [2.45, 2.75) is 31.1 Å². The molecule has 3 nitrogen and oxygen atoms in total. The minimum absolute atomic E-state index is 0.696. The van der Waals surface area contributed by atoms with Crippen LogP contribution in [0.1, 0.15) is 42.6 Å². The van der Waals surface area contributed by atoms with E-state index in [0.29, 0.717) is 5.92 Å². The van der Waals surface area contributed by atoms with E-state index in [4.69, 9.17) is 0 Å². The van der Waals surface area contributed by atoms with Crippen molar-refractivity contribution in [3.8, 4) is 0 Å². The molecular formula is C10H15N3. The molecule has 0 bridgehead atoms. The minimum Gasteiger partial charge on any atom is -0.345 e. The molecule has 2 aliphatic rings. The summed E-state index contributed by atoms with van der Waals surface area (Å²) in [5, 5.41) is 3.28. The van der Waals surface area contributed by atoms with Crippen molar-refractivity contribution < 1.29 is 0 Å². The van der Waals surface area contributed by atoms with Gasteiger partial charge in [0.15, 0.2) is 0 Å². The van der Waals surface area contributed by atoms with Gasteiger partial charge < -0.3 is 10.3 Å². The Balaban J connectivity index is 1.76. The van der Waals surface area contributed by atoms with E-state index >= 15 is 0 Å². The average molecular weight is 177 g/mol. The molecule has 0 amide bonds. The molecule has 70 valence electrons. The molecule has 1 aliphatic carbocycles. The highest BCUT2D eigenvalue weighted by Gasteiger charge is 2.25. The number of nitrogens with one attached hydrogen (secondary N) is 2. The number of nitrogens with zero attached hydrogens (tertiary/aromatic N) is 1. The number of imidazole rings is 1. The summed E-state index contributed by atoms with van der Waals surface area (Å²) in [5.41, 5.74) is 1.33. The predicted molar refractivity (Wildman–Crippen MR) is 50.8 cm³/mol. The van der Waals surface area contributed by atoms with Gasteiger partial charge in [-0.15, -0.1) is 0 Å². The fourth-order valence-electron chi connectivity index (χ4n) is 1.96. The first-order chi connectivity index (χ1) is 6.43. The first-order valence-electron chi connectivity index (χ1n) is 5.19. The van der Waals surface area contributed by atoms with E-state index in [1.165, 1.54) is 30.8 Å². The van der Waals surface area contributed by atoms with Crippen LogP contribution in [0.2, 0.25) is 0 Å². The van der Waals surface area contributed by atoms with Gasteiger partial charge in [-0.2, -0.15) is 0 Å². The molecule has 0 unspecified atom stereocenters. The van der Waals surface area contributed by atoms with Crippen molar-refractivity contribution in [1.29, 1.82) is 0 Å². The van der Waals surface area contributed by atoms with Crippen molar-refractivity contribution in [3.05, 3.63) is 17.7 Å². The summed E-state index contributed by atoms with van der Waals surface area (Å²) in [7, 11) is 0. The Hall–Kier alpha value is -0.830. The van der Waals surface area contributed by atoms with Gasteiger partial charge in [-0.25, -0.2) is 4.98 Å². The van der Waals surface area contributed by atoms with E-state index in [2.05, 4.69) is 15.3 Å². The van der Waals surface area contributed by atoms with Gasteiger partial charge in [-0.3, -0.25) is 0 Å². The fraction of sp³-hybridized carbons (Fsp3) is 0.700. The van der Waals surface area contributed by atoms with Crippen LogP contribution in [-0.4, -0.2) is 23.1 Å². The zero-order valence-electron chi connectivity index (χ0n) is 7.71. The quantitative estimate of drug-likeness (QED) is 0.716. The smallest absolute Gasteiger partial charge is 0.109 e. The standard InChI is InChI=1S/C10H15N3/c1-2-7(3-1)10-12-6-9(13-10)8-4-11-5-8/h6-8,11H,1-5H2,(H,12,13). The van der Waals surface area contributed by atoms with Crippen molar-refractivity contribution in [3.63, 3.8) is 0 Å². The molecule has 0 atom stereocenters. The zero-order valence-corrected chi connectivity index (χ0v) is 7.71. The predicted octanol–water partition coefficient (Wildman–Crippen LogP) is 1.36. The maximum atomic E-state index is 4.46. The normalized spacial score (nSPS) is 24.0. The average Bonchev–Trinajstić information content (AvgIpc) is 2.29. The van der Waals surface area contributed by atoms with Gasteiger partial charge in [-0.1, -0.05) is 6.42 Å². The van der Waals surface area contributed by atoms with Gasteiger partial charge in [-0.05, 0) is 12.8 Å². The van der Waals surface area contributed by atoms with Crippen LogP contribution in [0.25, 0.3) is 0 Å². The minimum atomic E-state index is 0.696. The molecule has 1 aromatic rings. The molecule has 1 saturated carbocycles. The maximum absolute atomic E-state index is 4.46. The van der Waals surface area contributed by atoms with Crippen LogP contribution >= 0.6 is 0 Å². The Morgan fingerprint density at radius 3 is 2.62 bits per heavy atom. The van der Waals surface area contributed by atoms with E-state index in [-0.39, 0.29) is 0 Å². The van der Waals surface area contributed by atoms with E-state index in [9.17, 15) is 0 Å². The van der Waals surface area contributed by atoms with Crippen molar-refractivity contribution in [1.82, 2.24) is 15.3 Å². The highest BCUT2D eigenvalue weighted by atomic mass is 15.0. The molecule has 13 heavy (non-hydrogen) atoms. The topological polar surface area (TPSA) is 40.7 Å². The molecule has 2 N–H and O–H groups in total. The largest absolute Gasteiger partial charge is 0.345 e. The number of aromatic amines is 1. The molecule has 1 aromatic heterocycles. The Morgan fingerprint density at radius 2 is 2.08 bits per heavy atom. The van der Waals surface area contributed by atoms with Crippen LogP contribution in [-0.2, 0) is 0 Å². The van der Waals surface area contributed by atoms with E-state index in [1.54, 1.807) is 0 Å². The van der Waals surface area contributed by atoms with Gasteiger partial charge in [0.05, 0.1) is 0 Å². The van der Waals surface area contributed by atoms with E-state index in [0.717, 1.165) is 19.0 Å². The molecule has 0 radical (unpaired) electrons. The Morgan fingerprint density at radius 1 is 1.23 bits per heavy atom. The lowest BCUT2D eigenvalue weighted by Gasteiger charge is -2.26. The van der Waals surface area contributed by atoms with Gasteiger partial charge in [0.1, 0.15) is 5.82 Å². The SMILES string of the molecule is c1nc(C2CCC2)[nH]c1C1CNC1. The third kappa shape index (κ3) is 1.18. The number of H-pyrrole nitrogens is 1. The molecule has 2 fully saturated rings. The molecule has 2 heterocycles. The van der Waals surface area contributed by atoms with Crippen LogP contribution in [0.4, 0.5) is 0 Å². The Bertz CT molecular complexity index is 268. The Kier molecular flexibility index (Phi) is 1.65. The van der Waals surface area contributed by atoms with Crippen LogP contribution in [0, 0.1) is 0 Å². The van der Waals surface area contributed by atoms with E-state index < -0.39 is 0 Å². The maximum Gasteiger partial charge on any atom is 0.109 e. The third-order valence-electron chi connectivity index (χ3n) is 3.33. The van der Waals surface area contributed by atoms with Crippen LogP contribution in [0.3, 0.4) is 0 Å². The van der Waals surface area contributed by atoms with Crippen LogP contribution in [0.5, 0.6) is 0 Å². The second-order valence-electron chi connectivity index (χ2n) is 4.21. The Labute approximate surface area is 78.0 Å². The second kappa shape index (κ2) is 2.84. The van der Waals surface area contributed by atoms with Gasteiger partial charge >= 0.3 is 0 Å². The summed E-state index contributed by atoms with van der Waals surface area (Å²) in [5.74, 6) is 2.66. The molecule has 0 aromatic carbocycles. The molecule has 3 rings (SSSR count). The lowest BCUT2D eigenvalue weighted by atomic mass is 9.85.